The summed E-state index contributed by atoms with van der Waals surface area (Å²) < 4.78 is 0. The van der Waals surface area contributed by atoms with Crippen molar-refractivity contribution >= 4 is 18.0 Å². The Hall–Kier alpha value is -1.26. The van der Waals surface area contributed by atoms with E-state index in [2.05, 4.69) is 4.90 Å². The number of carbonyl (C=O) groups is 1. The molecule has 0 unspecified atom stereocenters. The van der Waals surface area contributed by atoms with Crippen LogP contribution in [0.3, 0.4) is 0 Å². The lowest BCUT2D eigenvalue weighted by molar-refractivity contribution is -0.119. The molecule has 1 amide bonds. The molecule has 1 aliphatic rings. The number of nitrogens with zero attached hydrogens (tertiary/aromatic N) is 2. The van der Waals surface area contributed by atoms with Gasteiger partial charge in [0.05, 0.1) is 5.02 Å². The minimum atomic E-state index is 0.112. The number of carbonyl (C=O) groups excluding carboxylic acids is 1. The van der Waals surface area contributed by atoms with Crippen molar-refractivity contribution in [2.45, 2.75) is 6.54 Å². The lowest BCUT2D eigenvalue weighted by Crippen LogP contribution is -2.45. The molecule has 1 N–H and O–H groups in total. The van der Waals surface area contributed by atoms with Gasteiger partial charge in [-0.25, -0.2) is 0 Å². The number of piperazine rings is 1. The second kappa shape index (κ2) is 5.38. The molecule has 2 rings (SSSR count). The lowest BCUT2D eigenvalue weighted by Gasteiger charge is -2.32. The Bertz CT molecular complexity index is 403. The van der Waals surface area contributed by atoms with Gasteiger partial charge < -0.3 is 10.0 Å². The third kappa shape index (κ3) is 3.11. The minimum absolute atomic E-state index is 0.112. The van der Waals surface area contributed by atoms with E-state index in [0.29, 0.717) is 5.02 Å². The van der Waals surface area contributed by atoms with Gasteiger partial charge in [-0.1, -0.05) is 17.7 Å². The largest absolute Gasteiger partial charge is 0.506 e. The van der Waals surface area contributed by atoms with Gasteiger partial charge in [-0.3, -0.25) is 9.69 Å². The Labute approximate surface area is 105 Å². The van der Waals surface area contributed by atoms with Crippen LogP contribution in [-0.2, 0) is 11.3 Å². The number of benzene rings is 1. The minimum Gasteiger partial charge on any atom is -0.506 e. The van der Waals surface area contributed by atoms with Crippen LogP contribution in [-0.4, -0.2) is 47.5 Å². The Morgan fingerprint density at radius 1 is 1.29 bits per heavy atom. The molecule has 0 aromatic heterocycles. The van der Waals surface area contributed by atoms with Crippen LogP contribution in [0.25, 0.3) is 0 Å². The highest BCUT2D eigenvalue weighted by Gasteiger charge is 2.15. The molecular weight excluding hydrogens is 240 g/mol. The first-order valence-electron chi connectivity index (χ1n) is 5.58. The molecule has 1 fully saturated rings. The van der Waals surface area contributed by atoms with Crippen LogP contribution < -0.4 is 0 Å². The molecule has 4 nitrogen and oxygen atoms in total. The average molecular weight is 255 g/mol. The monoisotopic (exact) mass is 254 g/mol. The zero-order valence-corrected chi connectivity index (χ0v) is 10.2. The third-order valence-electron chi connectivity index (χ3n) is 2.97. The molecular formula is C12H15ClN2O2. The summed E-state index contributed by atoms with van der Waals surface area (Å²) in [6, 6.07) is 5.26. The number of amides is 1. The predicted molar refractivity (Wildman–Crippen MR) is 66.0 cm³/mol. The summed E-state index contributed by atoms with van der Waals surface area (Å²) in [5.74, 6) is 0.112. The Balaban J connectivity index is 1.93. The Morgan fingerprint density at radius 2 is 2.00 bits per heavy atom. The first-order valence-corrected chi connectivity index (χ1v) is 5.96. The van der Waals surface area contributed by atoms with E-state index in [0.717, 1.165) is 44.7 Å². The van der Waals surface area contributed by atoms with Crippen molar-refractivity contribution in [2.24, 2.45) is 0 Å². The summed E-state index contributed by atoms with van der Waals surface area (Å²) in [4.78, 5) is 14.6. The number of phenolic OH excluding ortho intramolecular Hbond substituents is 1. The average Bonchev–Trinajstić information content (AvgIpc) is 2.35. The lowest BCUT2D eigenvalue weighted by atomic mass is 10.2. The third-order valence-corrected chi connectivity index (χ3v) is 3.28. The fraction of sp³-hybridized carbons (Fsp3) is 0.417. The second-order valence-electron chi connectivity index (χ2n) is 4.20. The molecule has 1 aromatic rings. The second-order valence-corrected chi connectivity index (χ2v) is 4.61. The SMILES string of the molecule is O=CN1CCN(Cc2ccc(O)c(Cl)c2)CC1. The normalized spacial score (nSPS) is 17.1. The maximum absolute atomic E-state index is 10.6. The van der Waals surface area contributed by atoms with Gasteiger partial charge in [-0.2, -0.15) is 0 Å². The zero-order chi connectivity index (χ0) is 12.3. The molecule has 0 saturated carbocycles. The van der Waals surface area contributed by atoms with Gasteiger partial charge in [-0.15, -0.1) is 0 Å². The van der Waals surface area contributed by atoms with Crippen molar-refractivity contribution in [3.8, 4) is 5.75 Å². The van der Waals surface area contributed by atoms with E-state index >= 15 is 0 Å². The summed E-state index contributed by atoms with van der Waals surface area (Å²) in [5, 5.41) is 9.71. The predicted octanol–water partition coefficient (Wildman–Crippen LogP) is 1.32. The van der Waals surface area contributed by atoms with Gasteiger partial charge in [0.2, 0.25) is 6.41 Å². The maximum atomic E-state index is 10.6. The van der Waals surface area contributed by atoms with Crippen molar-refractivity contribution < 1.29 is 9.90 Å². The molecule has 0 aliphatic carbocycles. The maximum Gasteiger partial charge on any atom is 0.209 e. The summed E-state index contributed by atoms with van der Waals surface area (Å²) in [5.41, 5.74) is 1.08. The standard InChI is InChI=1S/C12H15ClN2O2/c13-11-7-10(1-2-12(11)17)8-14-3-5-15(9-16)6-4-14/h1-2,7,9,17H,3-6,8H2. The van der Waals surface area contributed by atoms with Gasteiger partial charge in [-0.05, 0) is 17.7 Å². The van der Waals surface area contributed by atoms with Crippen LogP contribution in [0.1, 0.15) is 5.56 Å². The molecule has 0 bridgehead atoms. The fourth-order valence-electron chi connectivity index (χ4n) is 1.93. The molecule has 1 aromatic carbocycles. The van der Waals surface area contributed by atoms with Gasteiger partial charge in [0.15, 0.2) is 0 Å². The fourth-order valence-corrected chi connectivity index (χ4v) is 2.14. The quantitative estimate of drug-likeness (QED) is 0.828. The van der Waals surface area contributed by atoms with Crippen LogP contribution in [0, 0.1) is 0 Å². The number of rotatable bonds is 3. The molecule has 0 atom stereocenters. The molecule has 17 heavy (non-hydrogen) atoms. The van der Waals surface area contributed by atoms with Crippen molar-refractivity contribution in [1.82, 2.24) is 9.80 Å². The van der Waals surface area contributed by atoms with Crippen LogP contribution in [0.2, 0.25) is 5.02 Å². The molecule has 0 radical (unpaired) electrons. The van der Waals surface area contributed by atoms with Crippen LogP contribution in [0.15, 0.2) is 18.2 Å². The van der Waals surface area contributed by atoms with Crippen molar-refractivity contribution in [2.75, 3.05) is 26.2 Å². The number of hydrogen-bond donors (Lipinski definition) is 1. The highest BCUT2D eigenvalue weighted by Crippen LogP contribution is 2.24. The molecule has 0 spiro atoms. The summed E-state index contributed by atoms with van der Waals surface area (Å²) >= 11 is 5.85. The summed E-state index contributed by atoms with van der Waals surface area (Å²) in [6.07, 6.45) is 0.898. The smallest absolute Gasteiger partial charge is 0.209 e. The van der Waals surface area contributed by atoms with Gasteiger partial charge in [0, 0.05) is 32.7 Å². The number of hydrogen-bond acceptors (Lipinski definition) is 3. The summed E-state index contributed by atoms with van der Waals surface area (Å²) in [6.45, 7) is 4.09. The topological polar surface area (TPSA) is 43.8 Å². The van der Waals surface area contributed by atoms with Crippen LogP contribution in [0.4, 0.5) is 0 Å². The van der Waals surface area contributed by atoms with Crippen LogP contribution >= 0.6 is 11.6 Å². The number of aromatic hydroxyl groups is 1. The summed E-state index contributed by atoms with van der Waals surface area (Å²) in [7, 11) is 0. The van der Waals surface area contributed by atoms with E-state index in [1.807, 2.05) is 6.07 Å². The number of halogens is 1. The molecule has 1 heterocycles. The van der Waals surface area contributed by atoms with Crippen molar-refractivity contribution in [3.63, 3.8) is 0 Å². The number of phenols is 1. The Morgan fingerprint density at radius 3 is 2.59 bits per heavy atom. The van der Waals surface area contributed by atoms with E-state index < -0.39 is 0 Å². The van der Waals surface area contributed by atoms with E-state index in [1.165, 1.54) is 0 Å². The van der Waals surface area contributed by atoms with Gasteiger partial charge in [0.1, 0.15) is 5.75 Å². The van der Waals surface area contributed by atoms with Crippen LogP contribution in [0.5, 0.6) is 5.75 Å². The van der Waals surface area contributed by atoms with E-state index in [-0.39, 0.29) is 5.75 Å². The van der Waals surface area contributed by atoms with Gasteiger partial charge in [0.25, 0.3) is 0 Å². The van der Waals surface area contributed by atoms with Gasteiger partial charge >= 0.3 is 0 Å². The van der Waals surface area contributed by atoms with E-state index in [1.54, 1.807) is 17.0 Å². The highest BCUT2D eigenvalue weighted by molar-refractivity contribution is 6.32. The molecule has 1 saturated heterocycles. The molecule has 92 valence electrons. The molecule has 5 heteroatoms. The van der Waals surface area contributed by atoms with E-state index in [4.69, 9.17) is 11.6 Å². The highest BCUT2D eigenvalue weighted by atomic mass is 35.5. The molecule has 1 aliphatic heterocycles. The Kier molecular flexibility index (Phi) is 3.86. The first-order chi connectivity index (χ1) is 8.19. The first kappa shape index (κ1) is 12.2. The van der Waals surface area contributed by atoms with Crippen molar-refractivity contribution in [1.29, 1.82) is 0 Å². The van der Waals surface area contributed by atoms with Crippen molar-refractivity contribution in [3.05, 3.63) is 28.8 Å². The van der Waals surface area contributed by atoms with E-state index in [9.17, 15) is 9.90 Å². The zero-order valence-electron chi connectivity index (χ0n) is 9.47.